The topological polar surface area (TPSA) is 93.6 Å². The molecule has 8 heteroatoms. The lowest BCUT2D eigenvalue weighted by molar-refractivity contribution is 0.318. The minimum Gasteiger partial charge on any atom is -0.421 e. The molecule has 104 valence electrons. The first-order valence-electron chi connectivity index (χ1n) is 5.46. The lowest BCUT2D eigenvalue weighted by atomic mass is 10.3. The fourth-order valence-electron chi connectivity index (χ4n) is 1.43. The lowest BCUT2D eigenvalue weighted by Gasteiger charge is -2.07. The molecule has 3 N–H and O–H groups in total. The third-order valence-electron chi connectivity index (χ3n) is 2.30. The van der Waals surface area contributed by atoms with E-state index in [1.165, 1.54) is 18.2 Å². The van der Waals surface area contributed by atoms with E-state index < -0.39 is 5.82 Å². The Morgan fingerprint density at radius 3 is 2.80 bits per heavy atom. The van der Waals surface area contributed by atoms with Crippen LogP contribution in [-0.2, 0) is 0 Å². The molecule has 0 unspecified atom stereocenters. The summed E-state index contributed by atoms with van der Waals surface area (Å²) in [6.45, 7) is 1.68. The van der Waals surface area contributed by atoms with Gasteiger partial charge in [0, 0.05) is 10.2 Å². The van der Waals surface area contributed by atoms with Crippen LogP contribution < -0.4 is 10.5 Å². The summed E-state index contributed by atoms with van der Waals surface area (Å²) in [7, 11) is 0. The Morgan fingerprint density at radius 2 is 2.15 bits per heavy atom. The van der Waals surface area contributed by atoms with E-state index in [0.29, 0.717) is 10.2 Å². The van der Waals surface area contributed by atoms with Crippen molar-refractivity contribution in [3.8, 4) is 11.8 Å². The van der Waals surface area contributed by atoms with Crippen LogP contribution in [-0.4, -0.2) is 21.0 Å². The van der Waals surface area contributed by atoms with E-state index in [4.69, 9.17) is 15.7 Å². The van der Waals surface area contributed by atoms with Crippen molar-refractivity contribution in [1.29, 1.82) is 0 Å². The van der Waals surface area contributed by atoms with Gasteiger partial charge in [-0.05, 0) is 31.2 Å². The molecule has 1 aromatic heterocycles. The van der Waals surface area contributed by atoms with Crippen LogP contribution in [0.3, 0.4) is 0 Å². The first-order valence-corrected chi connectivity index (χ1v) is 6.25. The van der Waals surface area contributed by atoms with Gasteiger partial charge in [-0.15, -0.1) is 0 Å². The van der Waals surface area contributed by atoms with Crippen LogP contribution in [0.25, 0.3) is 0 Å². The predicted octanol–water partition coefficient (Wildman–Crippen LogP) is 2.57. The van der Waals surface area contributed by atoms with Crippen molar-refractivity contribution in [1.82, 2.24) is 9.97 Å². The fourth-order valence-corrected chi connectivity index (χ4v) is 1.76. The summed E-state index contributed by atoms with van der Waals surface area (Å²) in [5.74, 6) is -0.768. The van der Waals surface area contributed by atoms with Crippen molar-refractivity contribution in [2.45, 2.75) is 6.92 Å². The number of hydrogen-bond donors (Lipinski definition) is 2. The Labute approximate surface area is 122 Å². The van der Waals surface area contributed by atoms with Crippen LogP contribution in [0.2, 0.25) is 0 Å². The summed E-state index contributed by atoms with van der Waals surface area (Å²) in [4.78, 5) is 7.94. The summed E-state index contributed by atoms with van der Waals surface area (Å²) in [5.41, 5.74) is 6.17. The fraction of sp³-hybridized carbons (Fsp3) is 0.0833. The van der Waals surface area contributed by atoms with Gasteiger partial charge in [0.25, 0.3) is 0 Å². The standard InChI is InChI=1S/C12H10BrFN4O2/c1-6-4-9(11(15)18-19)17-12(16-6)20-10-3-2-7(13)5-8(10)14/h2-5,19H,1H3,(H2,15,18). The lowest BCUT2D eigenvalue weighted by Crippen LogP contribution is -2.16. The number of aryl methyl sites for hydroxylation is 1. The van der Waals surface area contributed by atoms with Crippen LogP contribution in [0.1, 0.15) is 11.4 Å². The van der Waals surface area contributed by atoms with E-state index in [1.807, 2.05) is 0 Å². The smallest absolute Gasteiger partial charge is 0.322 e. The van der Waals surface area contributed by atoms with Gasteiger partial charge >= 0.3 is 6.01 Å². The highest BCUT2D eigenvalue weighted by Gasteiger charge is 2.11. The zero-order valence-electron chi connectivity index (χ0n) is 10.3. The van der Waals surface area contributed by atoms with Gasteiger partial charge in [0.05, 0.1) is 0 Å². The number of amidine groups is 1. The molecular weight excluding hydrogens is 331 g/mol. The molecule has 2 rings (SSSR count). The minimum absolute atomic E-state index is 0.0238. The van der Waals surface area contributed by atoms with Crippen LogP contribution in [0.15, 0.2) is 33.9 Å². The summed E-state index contributed by atoms with van der Waals surface area (Å²) >= 11 is 3.15. The Balaban J connectivity index is 2.36. The van der Waals surface area contributed by atoms with E-state index in [1.54, 1.807) is 13.0 Å². The summed E-state index contributed by atoms with van der Waals surface area (Å²) in [6, 6.07) is 5.75. The molecule has 0 aliphatic heterocycles. The molecule has 0 aliphatic rings. The molecule has 0 aliphatic carbocycles. The van der Waals surface area contributed by atoms with Crippen LogP contribution in [0.4, 0.5) is 4.39 Å². The molecule has 2 aromatic rings. The third-order valence-corrected chi connectivity index (χ3v) is 2.79. The van der Waals surface area contributed by atoms with Crippen molar-refractivity contribution in [2.75, 3.05) is 0 Å². The number of rotatable bonds is 3. The van der Waals surface area contributed by atoms with Gasteiger partial charge in [-0.25, -0.2) is 9.37 Å². The predicted molar refractivity (Wildman–Crippen MR) is 73.5 cm³/mol. The maximum absolute atomic E-state index is 13.7. The Morgan fingerprint density at radius 1 is 1.40 bits per heavy atom. The molecule has 0 bridgehead atoms. The summed E-state index contributed by atoms with van der Waals surface area (Å²) in [5, 5.41) is 11.5. The van der Waals surface area contributed by atoms with E-state index in [2.05, 4.69) is 31.1 Å². The number of ether oxygens (including phenoxy) is 1. The molecule has 20 heavy (non-hydrogen) atoms. The maximum Gasteiger partial charge on any atom is 0.322 e. The molecular formula is C12H10BrFN4O2. The van der Waals surface area contributed by atoms with Crippen LogP contribution in [0.5, 0.6) is 11.8 Å². The average molecular weight is 341 g/mol. The summed E-state index contributed by atoms with van der Waals surface area (Å²) < 4.78 is 19.5. The van der Waals surface area contributed by atoms with E-state index in [9.17, 15) is 4.39 Å². The highest BCUT2D eigenvalue weighted by atomic mass is 79.9. The quantitative estimate of drug-likeness (QED) is 0.387. The average Bonchev–Trinajstić information content (AvgIpc) is 2.40. The molecule has 0 saturated carbocycles. The second-order valence-corrected chi connectivity index (χ2v) is 4.75. The Kier molecular flexibility index (Phi) is 4.14. The minimum atomic E-state index is -0.560. The van der Waals surface area contributed by atoms with E-state index in [0.717, 1.165) is 0 Å². The summed E-state index contributed by atoms with van der Waals surface area (Å²) in [6.07, 6.45) is 0. The first kappa shape index (κ1) is 14.2. The van der Waals surface area contributed by atoms with Gasteiger partial charge in [-0.3, -0.25) is 0 Å². The number of aromatic nitrogens is 2. The zero-order chi connectivity index (χ0) is 14.7. The van der Waals surface area contributed by atoms with E-state index in [-0.39, 0.29) is 23.3 Å². The number of halogens is 2. The first-order chi connectivity index (χ1) is 9.49. The van der Waals surface area contributed by atoms with Crippen molar-refractivity contribution in [2.24, 2.45) is 10.9 Å². The normalized spacial score (nSPS) is 11.4. The molecule has 0 saturated heterocycles. The highest BCUT2D eigenvalue weighted by Crippen LogP contribution is 2.25. The molecule has 0 atom stereocenters. The monoisotopic (exact) mass is 340 g/mol. The molecule has 0 fully saturated rings. The SMILES string of the molecule is Cc1cc(/C(N)=N/O)nc(Oc2ccc(Br)cc2F)n1. The van der Waals surface area contributed by atoms with Crippen molar-refractivity contribution in [3.05, 3.63) is 45.9 Å². The van der Waals surface area contributed by atoms with Crippen LogP contribution in [0, 0.1) is 12.7 Å². The van der Waals surface area contributed by atoms with Crippen LogP contribution >= 0.6 is 15.9 Å². The van der Waals surface area contributed by atoms with Crippen molar-refractivity contribution in [3.63, 3.8) is 0 Å². The van der Waals surface area contributed by atoms with Gasteiger partial charge < -0.3 is 15.7 Å². The number of hydrogen-bond acceptors (Lipinski definition) is 5. The highest BCUT2D eigenvalue weighted by molar-refractivity contribution is 9.10. The number of nitrogens with zero attached hydrogens (tertiary/aromatic N) is 3. The zero-order valence-corrected chi connectivity index (χ0v) is 11.9. The molecule has 1 aromatic carbocycles. The second kappa shape index (κ2) is 5.83. The number of nitrogens with two attached hydrogens (primary N) is 1. The largest absolute Gasteiger partial charge is 0.421 e. The Bertz CT molecular complexity index is 679. The maximum atomic E-state index is 13.7. The van der Waals surface area contributed by atoms with E-state index >= 15 is 0 Å². The molecule has 1 heterocycles. The third kappa shape index (κ3) is 3.21. The second-order valence-electron chi connectivity index (χ2n) is 3.84. The number of benzene rings is 1. The van der Waals surface area contributed by atoms with Gasteiger partial charge in [0.2, 0.25) is 0 Å². The molecule has 0 spiro atoms. The Hall–Kier alpha value is -2.22. The van der Waals surface area contributed by atoms with Crippen molar-refractivity contribution < 1.29 is 14.3 Å². The molecule has 0 radical (unpaired) electrons. The van der Waals surface area contributed by atoms with Gasteiger partial charge in [-0.2, -0.15) is 4.98 Å². The van der Waals surface area contributed by atoms with Gasteiger partial charge in [0.15, 0.2) is 17.4 Å². The molecule has 6 nitrogen and oxygen atoms in total. The molecule has 0 amide bonds. The van der Waals surface area contributed by atoms with Crippen molar-refractivity contribution >= 4 is 21.8 Å². The van der Waals surface area contributed by atoms with Gasteiger partial charge in [-0.1, -0.05) is 21.1 Å². The van der Waals surface area contributed by atoms with Gasteiger partial charge in [0.1, 0.15) is 5.69 Å². The number of oxime groups is 1.